The van der Waals surface area contributed by atoms with E-state index in [-0.39, 0.29) is 6.04 Å². The Morgan fingerprint density at radius 3 is 2.82 bits per heavy atom. The number of likely N-dealkylation sites (N-methyl/N-ethyl adjacent to an activating group) is 1. The molecule has 2 aromatic carbocycles. The first-order chi connectivity index (χ1) is 16.2. The molecule has 166 valence electrons. The number of rotatable bonds is 8. The Kier molecular flexibility index (Phi) is 5.82. The lowest BCUT2D eigenvalue weighted by atomic mass is 10.2. The van der Waals surface area contributed by atoms with Gasteiger partial charge in [0.25, 0.3) is 0 Å². The first kappa shape index (κ1) is 20.8. The van der Waals surface area contributed by atoms with E-state index in [2.05, 4.69) is 49.7 Å². The summed E-state index contributed by atoms with van der Waals surface area (Å²) in [7, 11) is 1.92. The molecule has 5 aromatic rings. The first-order valence-electron chi connectivity index (χ1n) is 10.9. The molecular weight excluding hydrogens is 414 g/mol. The Hall–Kier alpha value is -4.04. The van der Waals surface area contributed by atoms with E-state index in [1.165, 1.54) is 0 Å². The largest absolute Gasteiger partial charge is 0.491 e. The lowest BCUT2D eigenvalue weighted by molar-refractivity contribution is 0.283. The average Bonchev–Trinajstić information content (AvgIpc) is 3.25. The Balaban J connectivity index is 1.44. The van der Waals surface area contributed by atoms with E-state index in [9.17, 15) is 0 Å². The van der Waals surface area contributed by atoms with E-state index >= 15 is 0 Å². The highest BCUT2D eigenvalue weighted by atomic mass is 16.5. The summed E-state index contributed by atoms with van der Waals surface area (Å²) in [6, 6.07) is 18.1. The molecule has 0 aliphatic heterocycles. The average molecular weight is 440 g/mol. The summed E-state index contributed by atoms with van der Waals surface area (Å²) in [5.41, 5.74) is 3.76. The van der Waals surface area contributed by atoms with Gasteiger partial charge in [-0.1, -0.05) is 12.1 Å². The predicted molar refractivity (Wildman–Crippen MR) is 130 cm³/mol. The molecule has 0 aliphatic rings. The van der Waals surface area contributed by atoms with Crippen molar-refractivity contribution in [3.63, 3.8) is 0 Å². The number of benzene rings is 2. The van der Waals surface area contributed by atoms with Gasteiger partial charge in [-0.15, -0.1) is 0 Å². The SMILES string of the molecule is CNC(C)COc1cccc2ncnc(Nc3ccc4c(cnn4Cc4ccccn4)c3)c12. The summed E-state index contributed by atoms with van der Waals surface area (Å²) in [5, 5.41) is 13.1. The molecule has 1 unspecified atom stereocenters. The molecule has 0 saturated carbocycles. The minimum absolute atomic E-state index is 0.228. The smallest absolute Gasteiger partial charge is 0.145 e. The maximum Gasteiger partial charge on any atom is 0.145 e. The molecule has 0 amide bonds. The normalized spacial score (nSPS) is 12.2. The van der Waals surface area contributed by atoms with Crippen LogP contribution in [0.4, 0.5) is 11.5 Å². The molecule has 8 nitrogen and oxygen atoms in total. The molecule has 5 rings (SSSR count). The van der Waals surface area contributed by atoms with Crippen LogP contribution in [0.5, 0.6) is 5.75 Å². The third kappa shape index (κ3) is 4.47. The van der Waals surface area contributed by atoms with Gasteiger partial charge >= 0.3 is 0 Å². The summed E-state index contributed by atoms with van der Waals surface area (Å²) >= 11 is 0. The molecule has 8 heteroatoms. The van der Waals surface area contributed by atoms with Crippen molar-refractivity contribution in [3.05, 3.63) is 79.0 Å². The van der Waals surface area contributed by atoms with E-state index in [0.29, 0.717) is 19.0 Å². The molecular formula is C25H25N7O. The van der Waals surface area contributed by atoms with E-state index in [1.54, 1.807) is 12.5 Å². The van der Waals surface area contributed by atoms with Crippen molar-refractivity contribution in [3.8, 4) is 5.75 Å². The Labute approximate surface area is 191 Å². The van der Waals surface area contributed by atoms with Crippen molar-refractivity contribution in [2.75, 3.05) is 19.0 Å². The lowest BCUT2D eigenvalue weighted by Gasteiger charge is -2.15. The number of ether oxygens (including phenoxy) is 1. The topological polar surface area (TPSA) is 89.8 Å². The Bertz CT molecular complexity index is 1380. The van der Waals surface area contributed by atoms with Gasteiger partial charge in [0.1, 0.15) is 24.5 Å². The number of hydrogen-bond donors (Lipinski definition) is 2. The van der Waals surface area contributed by atoms with Crippen LogP contribution in [0.2, 0.25) is 0 Å². The van der Waals surface area contributed by atoms with Gasteiger partial charge in [-0.25, -0.2) is 9.97 Å². The summed E-state index contributed by atoms with van der Waals surface area (Å²) in [6.07, 6.45) is 5.23. The fraction of sp³-hybridized carbons (Fsp3) is 0.200. The van der Waals surface area contributed by atoms with Crippen molar-refractivity contribution < 1.29 is 4.74 Å². The van der Waals surface area contributed by atoms with Crippen LogP contribution in [0.3, 0.4) is 0 Å². The Morgan fingerprint density at radius 1 is 1.03 bits per heavy atom. The number of nitrogens with one attached hydrogen (secondary N) is 2. The summed E-state index contributed by atoms with van der Waals surface area (Å²) in [6.45, 7) is 3.24. The van der Waals surface area contributed by atoms with Crippen LogP contribution in [0.25, 0.3) is 21.8 Å². The molecule has 0 saturated heterocycles. The Morgan fingerprint density at radius 2 is 1.97 bits per heavy atom. The van der Waals surface area contributed by atoms with Gasteiger partial charge < -0.3 is 15.4 Å². The van der Waals surface area contributed by atoms with Gasteiger partial charge in [0.2, 0.25) is 0 Å². The van der Waals surface area contributed by atoms with Crippen LogP contribution < -0.4 is 15.4 Å². The third-order valence-electron chi connectivity index (χ3n) is 5.55. The second-order valence-electron chi connectivity index (χ2n) is 7.90. The van der Waals surface area contributed by atoms with Crippen LogP contribution in [-0.2, 0) is 6.54 Å². The monoisotopic (exact) mass is 439 g/mol. The number of aromatic nitrogens is 5. The molecule has 3 aromatic heterocycles. The number of hydrogen-bond acceptors (Lipinski definition) is 7. The lowest BCUT2D eigenvalue weighted by Crippen LogP contribution is -2.28. The highest BCUT2D eigenvalue weighted by Crippen LogP contribution is 2.32. The van der Waals surface area contributed by atoms with Crippen LogP contribution in [0.15, 0.2) is 73.3 Å². The molecule has 33 heavy (non-hydrogen) atoms. The van der Waals surface area contributed by atoms with Crippen molar-refractivity contribution in [2.24, 2.45) is 0 Å². The molecule has 0 radical (unpaired) electrons. The van der Waals surface area contributed by atoms with E-state index in [1.807, 2.05) is 60.4 Å². The fourth-order valence-electron chi connectivity index (χ4n) is 3.66. The molecule has 3 heterocycles. The number of fused-ring (bicyclic) bond motifs is 2. The predicted octanol–water partition coefficient (Wildman–Crippen LogP) is 4.15. The van der Waals surface area contributed by atoms with Crippen molar-refractivity contribution in [1.29, 1.82) is 0 Å². The van der Waals surface area contributed by atoms with Gasteiger partial charge in [-0.2, -0.15) is 5.10 Å². The number of anilines is 2. The van der Waals surface area contributed by atoms with Gasteiger partial charge in [-0.05, 0) is 56.4 Å². The molecule has 0 aliphatic carbocycles. The molecule has 2 N–H and O–H groups in total. The maximum absolute atomic E-state index is 6.08. The minimum Gasteiger partial charge on any atom is -0.491 e. The minimum atomic E-state index is 0.228. The zero-order chi connectivity index (χ0) is 22.6. The summed E-state index contributed by atoms with van der Waals surface area (Å²) < 4.78 is 8.03. The molecule has 1 atom stereocenters. The maximum atomic E-state index is 6.08. The zero-order valence-corrected chi connectivity index (χ0v) is 18.6. The highest BCUT2D eigenvalue weighted by molar-refractivity contribution is 5.96. The highest BCUT2D eigenvalue weighted by Gasteiger charge is 2.12. The van der Waals surface area contributed by atoms with Gasteiger partial charge in [0.05, 0.1) is 34.9 Å². The van der Waals surface area contributed by atoms with Crippen molar-refractivity contribution in [1.82, 2.24) is 30.0 Å². The number of pyridine rings is 1. The third-order valence-corrected chi connectivity index (χ3v) is 5.55. The summed E-state index contributed by atoms with van der Waals surface area (Å²) in [5.74, 6) is 1.45. The number of nitrogens with zero attached hydrogens (tertiary/aromatic N) is 5. The van der Waals surface area contributed by atoms with Crippen LogP contribution in [0.1, 0.15) is 12.6 Å². The molecule has 0 spiro atoms. The van der Waals surface area contributed by atoms with Crippen molar-refractivity contribution >= 4 is 33.3 Å². The van der Waals surface area contributed by atoms with Gasteiger partial charge in [-0.3, -0.25) is 9.67 Å². The van der Waals surface area contributed by atoms with E-state index < -0.39 is 0 Å². The van der Waals surface area contributed by atoms with Gasteiger partial charge in [0.15, 0.2) is 0 Å². The second-order valence-corrected chi connectivity index (χ2v) is 7.90. The fourth-order valence-corrected chi connectivity index (χ4v) is 3.66. The van der Waals surface area contributed by atoms with E-state index in [4.69, 9.17) is 4.74 Å². The van der Waals surface area contributed by atoms with Crippen LogP contribution in [-0.4, -0.2) is 44.4 Å². The van der Waals surface area contributed by atoms with E-state index in [0.717, 1.165) is 38.9 Å². The molecule has 0 bridgehead atoms. The summed E-state index contributed by atoms with van der Waals surface area (Å²) in [4.78, 5) is 13.3. The second kappa shape index (κ2) is 9.22. The quantitative estimate of drug-likeness (QED) is 0.375. The first-order valence-corrected chi connectivity index (χ1v) is 10.9. The standard InChI is InChI=1S/C25H25N7O/c1-17(26-2)15-33-23-8-5-7-21-24(23)25(29-16-28-21)31-19-9-10-22-18(12-19)13-30-32(22)14-20-6-3-4-11-27-20/h3-13,16-17,26H,14-15H2,1-2H3,(H,28,29,31). The van der Waals surface area contributed by atoms with Crippen molar-refractivity contribution in [2.45, 2.75) is 19.5 Å². The van der Waals surface area contributed by atoms with Gasteiger partial charge in [0, 0.05) is 23.3 Å². The molecule has 0 fully saturated rings. The van der Waals surface area contributed by atoms with Crippen LogP contribution >= 0.6 is 0 Å². The van der Waals surface area contributed by atoms with Crippen LogP contribution in [0, 0.1) is 0 Å². The zero-order valence-electron chi connectivity index (χ0n) is 18.6.